The van der Waals surface area contributed by atoms with Crippen LogP contribution in [0.2, 0.25) is 0 Å². The van der Waals surface area contributed by atoms with E-state index in [1.807, 2.05) is 6.07 Å². The highest BCUT2D eigenvalue weighted by Crippen LogP contribution is 2.44. The van der Waals surface area contributed by atoms with Crippen molar-refractivity contribution in [1.29, 1.82) is 0 Å². The van der Waals surface area contributed by atoms with Crippen LogP contribution in [0.15, 0.2) is 24.3 Å². The van der Waals surface area contributed by atoms with Gasteiger partial charge >= 0.3 is 5.97 Å². The third-order valence-electron chi connectivity index (χ3n) is 2.86. The van der Waals surface area contributed by atoms with E-state index >= 15 is 0 Å². The van der Waals surface area contributed by atoms with E-state index in [2.05, 4.69) is 0 Å². The average Bonchev–Trinajstić information content (AvgIpc) is 2.97. The van der Waals surface area contributed by atoms with E-state index in [9.17, 15) is 9.18 Å². The smallest absolute Gasteiger partial charge is 0.303 e. The van der Waals surface area contributed by atoms with E-state index in [4.69, 9.17) is 5.11 Å². The van der Waals surface area contributed by atoms with Gasteiger partial charge in [-0.1, -0.05) is 12.1 Å². The van der Waals surface area contributed by atoms with Crippen LogP contribution in [0.5, 0.6) is 0 Å². The molecule has 0 radical (unpaired) electrons. The summed E-state index contributed by atoms with van der Waals surface area (Å²) in [5.41, 5.74) is 0.819. The first-order chi connectivity index (χ1) is 7.16. The number of hydrogen-bond donors (Lipinski definition) is 1. The fourth-order valence-electron chi connectivity index (χ4n) is 1.98. The Morgan fingerprint density at radius 1 is 1.53 bits per heavy atom. The number of carboxylic acids is 1. The molecule has 0 bridgehead atoms. The lowest BCUT2D eigenvalue weighted by atomic mass is 9.91. The Morgan fingerprint density at radius 3 is 2.80 bits per heavy atom. The summed E-state index contributed by atoms with van der Waals surface area (Å²) in [6, 6.07) is 6.29. The second-order valence-corrected chi connectivity index (χ2v) is 4.10. The summed E-state index contributed by atoms with van der Waals surface area (Å²) in [5, 5.41) is 8.80. The van der Waals surface area contributed by atoms with E-state index in [1.165, 1.54) is 12.1 Å². The van der Waals surface area contributed by atoms with E-state index in [0.29, 0.717) is 5.92 Å². The molecule has 1 aromatic rings. The Labute approximate surface area is 87.7 Å². The SMILES string of the molecule is O=C(O)CC(c1cccc(F)c1)C1CC1. The summed E-state index contributed by atoms with van der Waals surface area (Å²) in [6.07, 6.45) is 2.23. The van der Waals surface area contributed by atoms with Crippen molar-refractivity contribution >= 4 is 5.97 Å². The second-order valence-electron chi connectivity index (χ2n) is 4.10. The molecule has 2 nitrogen and oxygen atoms in total. The second kappa shape index (κ2) is 4.01. The van der Waals surface area contributed by atoms with Crippen LogP contribution >= 0.6 is 0 Å². The van der Waals surface area contributed by atoms with Crippen molar-refractivity contribution in [3.63, 3.8) is 0 Å². The zero-order valence-electron chi connectivity index (χ0n) is 8.32. The van der Waals surface area contributed by atoms with Crippen LogP contribution in [0.4, 0.5) is 4.39 Å². The first-order valence-electron chi connectivity index (χ1n) is 5.14. The van der Waals surface area contributed by atoms with Gasteiger partial charge < -0.3 is 5.11 Å². The van der Waals surface area contributed by atoms with Crippen LogP contribution in [-0.2, 0) is 4.79 Å². The van der Waals surface area contributed by atoms with Gasteiger partial charge in [-0.05, 0) is 42.4 Å². The third-order valence-corrected chi connectivity index (χ3v) is 2.86. The Hall–Kier alpha value is -1.38. The molecule has 80 valence electrons. The van der Waals surface area contributed by atoms with Crippen LogP contribution in [0.25, 0.3) is 0 Å². The van der Waals surface area contributed by atoms with Crippen LogP contribution in [-0.4, -0.2) is 11.1 Å². The first-order valence-corrected chi connectivity index (χ1v) is 5.14. The number of hydrogen-bond acceptors (Lipinski definition) is 1. The van der Waals surface area contributed by atoms with Gasteiger partial charge in [0.05, 0.1) is 6.42 Å². The summed E-state index contributed by atoms with van der Waals surface area (Å²) in [4.78, 5) is 10.7. The molecule has 1 aliphatic carbocycles. The molecule has 1 saturated carbocycles. The minimum Gasteiger partial charge on any atom is -0.481 e. The van der Waals surface area contributed by atoms with E-state index in [-0.39, 0.29) is 18.2 Å². The van der Waals surface area contributed by atoms with Crippen molar-refractivity contribution in [1.82, 2.24) is 0 Å². The number of carboxylic acid groups (broad SMARTS) is 1. The van der Waals surface area contributed by atoms with Gasteiger partial charge in [-0.3, -0.25) is 4.79 Å². The maximum absolute atomic E-state index is 13.0. The van der Waals surface area contributed by atoms with Crippen molar-refractivity contribution in [2.45, 2.75) is 25.2 Å². The topological polar surface area (TPSA) is 37.3 Å². The molecule has 0 aromatic heterocycles. The van der Waals surface area contributed by atoms with Crippen LogP contribution in [0, 0.1) is 11.7 Å². The van der Waals surface area contributed by atoms with Crippen LogP contribution in [0.3, 0.4) is 0 Å². The molecule has 15 heavy (non-hydrogen) atoms. The van der Waals surface area contributed by atoms with Gasteiger partial charge in [-0.25, -0.2) is 4.39 Å². The number of aliphatic carboxylic acids is 1. The lowest BCUT2D eigenvalue weighted by Gasteiger charge is -2.14. The van der Waals surface area contributed by atoms with Crippen molar-refractivity contribution in [2.75, 3.05) is 0 Å². The van der Waals surface area contributed by atoms with Gasteiger partial charge in [0.25, 0.3) is 0 Å². The average molecular weight is 208 g/mol. The number of benzene rings is 1. The predicted octanol–water partition coefficient (Wildman–Crippen LogP) is 2.79. The maximum atomic E-state index is 13.0. The molecule has 2 rings (SSSR count). The number of halogens is 1. The molecule has 1 unspecified atom stereocenters. The lowest BCUT2D eigenvalue weighted by Crippen LogP contribution is -2.08. The summed E-state index contributed by atoms with van der Waals surface area (Å²) in [7, 11) is 0. The minimum absolute atomic E-state index is 0.0156. The fraction of sp³-hybridized carbons (Fsp3) is 0.417. The molecule has 0 spiro atoms. The Kier molecular flexibility index (Phi) is 2.71. The monoisotopic (exact) mass is 208 g/mol. The molecule has 0 aliphatic heterocycles. The molecule has 1 fully saturated rings. The predicted molar refractivity (Wildman–Crippen MR) is 54.1 cm³/mol. The van der Waals surface area contributed by atoms with Crippen molar-refractivity contribution in [3.8, 4) is 0 Å². The highest BCUT2D eigenvalue weighted by atomic mass is 19.1. The van der Waals surface area contributed by atoms with Gasteiger partial charge in [-0.2, -0.15) is 0 Å². The van der Waals surface area contributed by atoms with E-state index in [0.717, 1.165) is 18.4 Å². The largest absolute Gasteiger partial charge is 0.481 e. The zero-order chi connectivity index (χ0) is 10.8. The molecule has 1 aromatic carbocycles. The molecule has 0 amide bonds. The molecule has 1 atom stereocenters. The van der Waals surface area contributed by atoms with Crippen LogP contribution < -0.4 is 0 Å². The van der Waals surface area contributed by atoms with E-state index in [1.54, 1.807) is 6.07 Å². The molecular weight excluding hydrogens is 195 g/mol. The first kappa shape index (κ1) is 10.1. The number of carbonyl (C=O) groups is 1. The Balaban J connectivity index is 2.19. The summed E-state index contributed by atoms with van der Waals surface area (Å²) >= 11 is 0. The van der Waals surface area contributed by atoms with Crippen LogP contribution in [0.1, 0.15) is 30.7 Å². The quantitative estimate of drug-likeness (QED) is 0.826. The molecule has 3 heteroatoms. The van der Waals surface area contributed by atoms with Gasteiger partial charge in [-0.15, -0.1) is 0 Å². The van der Waals surface area contributed by atoms with Gasteiger partial charge in [0.1, 0.15) is 5.82 Å². The number of rotatable bonds is 4. The molecule has 0 heterocycles. The Morgan fingerprint density at radius 2 is 2.27 bits per heavy atom. The third kappa shape index (κ3) is 2.55. The van der Waals surface area contributed by atoms with Gasteiger partial charge in [0, 0.05) is 0 Å². The summed E-state index contributed by atoms with van der Waals surface area (Å²) < 4.78 is 13.0. The highest BCUT2D eigenvalue weighted by molar-refractivity contribution is 5.68. The zero-order valence-corrected chi connectivity index (χ0v) is 8.32. The van der Waals surface area contributed by atoms with Crippen molar-refractivity contribution in [2.24, 2.45) is 5.92 Å². The molecular formula is C12H13FO2. The maximum Gasteiger partial charge on any atom is 0.303 e. The van der Waals surface area contributed by atoms with Gasteiger partial charge in [0.15, 0.2) is 0 Å². The standard InChI is InChI=1S/C12H13FO2/c13-10-3-1-2-9(6-10)11(7-12(14)15)8-4-5-8/h1-3,6,8,11H,4-5,7H2,(H,14,15). The van der Waals surface area contributed by atoms with Crippen molar-refractivity contribution in [3.05, 3.63) is 35.6 Å². The minimum atomic E-state index is -0.809. The summed E-state index contributed by atoms with van der Waals surface area (Å²) in [6.45, 7) is 0. The van der Waals surface area contributed by atoms with E-state index < -0.39 is 5.97 Å². The molecule has 1 aliphatic rings. The highest BCUT2D eigenvalue weighted by Gasteiger charge is 2.33. The summed E-state index contributed by atoms with van der Waals surface area (Å²) in [5.74, 6) is -0.680. The fourth-order valence-corrected chi connectivity index (χ4v) is 1.98. The van der Waals surface area contributed by atoms with Crippen molar-refractivity contribution < 1.29 is 14.3 Å². The normalized spacial score (nSPS) is 17.4. The molecule has 1 N–H and O–H groups in total. The molecule has 0 saturated heterocycles. The lowest BCUT2D eigenvalue weighted by molar-refractivity contribution is -0.137. The van der Waals surface area contributed by atoms with Gasteiger partial charge in [0.2, 0.25) is 0 Å². The Bertz CT molecular complexity index is 372.